The van der Waals surface area contributed by atoms with Crippen LogP contribution in [0.25, 0.3) is 0 Å². The molecule has 1 aliphatic heterocycles. The first-order valence-corrected chi connectivity index (χ1v) is 6.93. The van der Waals surface area contributed by atoms with E-state index < -0.39 is 0 Å². The Balaban J connectivity index is 1.95. The zero-order valence-electron chi connectivity index (χ0n) is 10.7. The molecular weight excluding hydrogens is 312 g/mol. The summed E-state index contributed by atoms with van der Waals surface area (Å²) in [6.07, 6.45) is 0. The Bertz CT molecular complexity index is 448. The van der Waals surface area contributed by atoms with Gasteiger partial charge in [-0.3, -0.25) is 4.79 Å². The van der Waals surface area contributed by atoms with E-state index in [1.165, 1.54) is 0 Å². The number of benzene rings is 1. The van der Waals surface area contributed by atoms with Crippen molar-refractivity contribution in [3.63, 3.8) is 0 Å². The quantitative estimate of drug-likeness (QED) is 0.871. The van der Waals surface area contributed by atoms with Crippen LogP contribution < -0.4 is 15.4 Å². The molecule has 0 aliphatic carbocycles. The lowest BCUT2D eigenvalue weighted by Gasteiger charge is -2.24. The van der Waals surface area contributed by atoms with Gasteiger partial charge in [0.1, 0.15) is 5.75 Å². The number of ether oxygens (including phenoxy) is 2. The van der Waals surface area contributed by atoms with Crippen LogP contribution in [0.5, 0.6) is 5.75 Å². The smallest absolute Gasteiger partial charge is 0.255 e. The average molecular weight is 329 g/mol. The molecule has 0 saturated carbocycles. The Hall–Kier alpha value is -1.11. The molecule has 1 aliphatic rings. The summed E-state index contributed by atoms with van der Waals surface area (Å²) < 4.78 is 11.4. The van der Waals surface area contributed by atoms with E-state index in [0.29, 0.717) is 24.5 Å². The first-order chi connectivity index (χ1) is 9.20. The Morgan fingerprint density at radius 2 is 2.47 bits per heavy atom. The van der Waals surface area contributed by atoms with E-state index in [-0.39, 0.29) is 11.9 Å². The van der Waals surface area contributed by atoms with Crippen molar-refractivity contribution in [3.05, 3.63) is 28.2 Å². The van der Waals surface area contributed by atoms with Gasteiger partial charge in [0, 0.05) is 23.6 Å². The molecule has 104 valence electrons. The minimum Gasteiger partial charge on any atom is -0.496 e. The summed E-state index contributed by atoms with van der Waals surface area (Å²) in [7, 11) is 1.55. The summed E-state index contributed by atoms with van der Waals surface area (Å²) in [5, 5.41) is 6.17. The number of carbonyl (C=O) groups excluding carboxylic acids is 1. The predicted molar refractivity (Wildman–Crippen MR) is 75.6 cm³/mol. The van der Waals surface area contributed by atoms with Crippen LogP contribution in [0.3, 0.4) is 0 Å². The van der Waals surface area contributed by atoms with Gasteiger partial charge in [0.15, 0.2) is 0 Å². The summed E-state index contributed by atoms with van der Waals surface area (Å²) in [4.78, 5) is 12.1. The number of hydrogen-bond donors (Lipinski definition) is 2. The van der Waals surface area contributed by atoms with E-state index in [9.17, 15) is 4.79 Å². The van der Waals surface area contributed by atoms with Crippen LogP contribution in [0, 0.1) is 0 Å². The molecular formula is C13H17BrN2O3. The van der Waals surface area contributed by atoms with Crippen molar-refractivity contribution in [2.75, 3.05) is 33.4 Å². The first kappa shape index (κ1) is 14.3. The maximum absolute atomic E-state index is 12.1. The molecule has 1 aromatic rings. The Labute approximate surface area is 120 Å². The third-order valence-corrected chi connectivity index (χ3v) is 3.41. The van der Waals surface area contributed by atoms with Crippen molar-refractivity contribution in [2.24, 2.45) is 0 Å². The number of halogens is 1. The Morgan fingerprint density at radius 1 is 1.63 bits per heavy atom. The van der Waals surface area contributed by atoms with Gasteiger partial charge in [-0.2, -0.15) is 0 Å². The molecule has 2 rings (SSSR count). The number of methoxy groups -OCH3 is 1. The normalized spacial score (nSPS) is 18.9. The highest BCUT2D eigenvalue weighted by molar-refractivity contribution is 9.10. The highest BCUT2D eigenvalue weighted by Crippen LogP contribution is 2.23. The van der Waals surface area contributed by atoms with Crippen molar-refractivity contribution in [3.8, 4) is 5.75 Å². The zero-order valence-corrected chi connectivity index (χ0v) is 12.3. The topological polar surface area (TPSA) is 59.6 Å². The number of nitrogens with one attached hydrogen (secondary N) is 2. The summed E-state index contributed by atoms with van der Waals surface area (Å²) in [5.41, 5.74) is 0.530. The van der Waals surface area contributed by atoms with Crippen molar-refractivity contribution in [1.29, 1.82) is 0 Å². The summed E-state index contributed by atoms with van der Waals surface area (Å²) >= 11 is 3.35. The van der Waals surface area contributed by atoms with E-state index >= 15 is 0 Å². The first-order valence-electron chi connectivity index (χ1n) is 6.13. The van der Waals surface area contributed by atoms with Gasteiger partial charge in [-0.1, -0.05) is 15.9 Å². The molecule has 0 aromatic heterocycles. The highest BCUT2D eigenvalue weighted by Gasteiger charge is 2.16. The standard InChI is InChI=1S/C13H17BrN2O3/c1-18-12-6-9(14)2-3-11(12)13(17)16-7-10-8-19-5-4-15-10/h2-3,6,10,15H,4-5,7-8H2,1H3,(H,16,17). The number of carbonyl (C=O) groups is 1. The molecule has 1 atom stereocenters. The predicted octanol–water partition coefficient (Wildman–Crippen LogP) is 1.18. The summed E-state index contributed by atoms with van der Waals surface area (Å²) in [6, 6.07) is 5.50. The molecule has 6 heteroatoms. The molecule has 1 heterocycles. The maximum atomic E-state index is 12.1. The fraction of sp³-hybridized carbons (Fsp3) is 0.462. The van der Waals surface area contributed by atoms with Gasteiger partial charge in [-0.05, 0) is 18.2 Å². The Morgan fingerprint density at radius 3 is 3.16 bits per heavy atom. The van der Waals surface area contributed by atoms with Gasteiger partial charge < -0.3 is 20.1 Å². The molecule has 0 radical (unpaired) electrons. The van der Waals surface area contributed by atoms with Gasteiger partial charge in [-0.15, -0.1) is 0 Å². The van der Waals surface area contributed by atoms with Gasteiger partial charge in [0.25, 0.3) is 5.91 Å². The van der Waals surface area contributed by atoms with Crippen LogP contribution in [0.15, 0.2) is 22.7 Å². The fourth-order valence-corrected chi connectivity index (χ4v) is 2.25. The number of morpholine rings is 1. The van der Waals surface area contributed by atoms with Crippen molar-refractivity contribution < 1.29 is 14.3 Å². The molecule has 1 fully saturated rings. The molecule has 0 bridgehead atoms. The molecule has 5 nitrogen and oxygen atoms in total. The van der Waals surface area contributed by atoms with E-state index in [4.69, 9.17) is 9.47 Å². The monoisotopic (exact) mass is 328 g/mol. The lowest BCUT2D eigenvalue weighted by Crippen LogP contribution is -2.48. The van der Waals surface area contributed by atoms with Crippen LogP contribution in [0.4, 0.5) is 0 Å². The molecule has 0 spiro atoms. The molecule has 1 unspecified atom stereocenters. The lowest BCUT2D eigenvalue weighted by atomic mass is 10.2. The van der Waals surface area contributed by atoms with Crippen molar-refractivity contribution >= 4 is 21.8 Å². The van der Waals surface area contributed by atoms with E-state index in [0.717, 1.165) is 17.6 Å². The average Bonchev–Trinajstić information content (AvgIpc) is 2.45. The van der Waals surface area contributed by atoms with Gasteiger partial charge in [-0.25, -0.2) is 0 Å². The largest absolute Gasteiger partial charge is 0.496 e. The van der Waals surface area contributed by atoms with E-state index in [1.54, 1.807) is 19.2 Å². The van der Waals surface area contributed by atoms with Crippen LogP contribution >= 0.6 is 15.9 Å². The number of amides is 1. The molecule has 1 aromatic carbocycles. The minimum absolute atomic E-state index is 0.142. The van der Waals surface area contributed by atoms with Crippen LogP contribution in [-0.4, -0.2) is 45.4 Å². The maximum Gasteiger partial charge on any atom is 0.255 e. The fourth-order valence-electron chi connectivity index (χ4n) is 1.91. The molecule has 1 saturated heterocycles. The minimum atomic E-state index is -0.142. The second kappa shape index (κ2) is 6.88. The number of hydrogen-bond acceptors (Lipinski definition) is 4. The van der Waals surface area contributed by atoms with E-state index in [1.807, 2.05) is 6.07 Å². The van der Waals surface area contributed by atoms with Gasteiger partial charge in [0.2, 0.25) is 0 Å². The zero-order chi connectivity index (χ0) is 13.7. The molecule has 2 N–H and O–H groups in total. The van der Waals surface area contributed by atoms with Crippen LogP contribution in [0.1, 0.15) is 10.4 Å². The van der Waals surface area contributed by atoms with Gasteiger partial charge >= 0.3 is 0 Å². The third kappa shape index (κ3) is 3.92. The van der Waals surface area contributed by atoms with E-state index in [2.05, 4.69) is 26.6 Å². The molecule has 1 amide bonds. The second-order valence-corrected chi connectivity index (χ2v) is 5.20. The Kier molecular flexibility index (Phi) is 5.18. The number of rotatable bonds is 4. The highest BCUT2D eigenvalue weighted by atomic mass is 79.9. The second-order valence-electron chi connectivity index (χ2n) is 4.28. The van der Waals surface area contributed by atoms with Crippen molar-refractivity contribution in [1.82, 2.24) is 10.6 Å². The summed E-state index contributed by atoms with van der Waals surface area (Å²) in [5.74, 6) is 0.413. The van der Waals surface area contributed by atoms with Crippen LogP contribution in [0.2, 0.25) is 0 Å². The van der Waals surface area contributed by atoms with Crippen LogP contribution in [-0.2, 0) is 4.74 Å². The van der Waals surface area contributed by atoms with Gasteiger partial charge in [0.05, 0.1) is 25.9 Å². The lowest BCUT2D eigenvalue weighted by molar-refractivity contribution is 0.0734. The third-order valence-electron chi connectivity index (χ3n) is 2.92. The molecule has 19 heavy (non-hydrogen) atoms. The SMILES string of the molecule is COc1cc(Br)ccc1C(=O)NCC1COCCN1. The summed E-state index contributed by atoms with van der Waals surface area (Å²) in [6.45, 7) is 2.71. The van der Waals surface area contributed by atoms with Crippen molar-refractivity contribution in [2.45, 2.75) is 6.04 Å².